The molecule has 0 aromatic carbocycles. The fraction of sp³-hybridized carbons (Fsp3) is 0.909. The van der Waals surface area contributed by atoms with E-state index in [0.717, 1.165) is 13.1 Å². The molecule has 15 heavy (non-hydrogen) atoms. The molecule has 2 heterocycles. The molecule has 0 aliphatic carbocycles. The van der Waals surface area contributed by atoms with Gasteiger partial charge in [-0.05, 0) is 32.4 Å². The van der Waals surface area contributed by atoms with Crippen LogP contribution >= 0.6 is 11.8 Å². The van der Waals surface area contributed by atoms with Gasteiger partial charge in [-0.3, -0.25) is 4.99 Å². The fourth-order valence-corrected chi connectivity index (χ4v) is 2.99. The number of aliphatic imine (C=N–C) groups is 1. The summed E-state index contributed by atoms with van der Waals surface area (Å²) in [5.74, 6) is 1.19. The van der Waals surface area contributed by atoms with E-state index in [-0.39, 0.29) is 0 Å². The molecule has 0 amide bonds. The summed E-state index contributed by atoms with van der Waals surface area (Å²) in [6.45, 7) is 5.96. The zero-order valence-electron chi connectivity index (χ0n) is 9.37. The first kappa shape index (κ1) is 11.3. The van der Waals surface area contributed by atoms with Gasteiger partial charge in [-0.25, -0.2) is 0 Å². The zero-order chi connectivity index (χ0) is 10.3. The van der Waals surface area contributed by atoms with Crippen LogP contribution in [0.25, 0.3) is 0 Å². The summed E-state index contributed by atoms with van der Waals surface area (Å²) in [6.07, 6.45) is 5.40. The SMILES string of the molecule is C1CCN(CCSC2=NCCCN2)CC1. The van der Waals surface area contributed by atoms with Crippen molar-refractivity contribution in [2.24, 2.45) is 4.99 Å². The fourth-order valence-electron chi connectivity index (χ4n) is 2.06. The number of piperidine rings is 1. The average Bonchev–Trinajstić information content (AvgIpc) is 2.32. The molecule has 2 aliphatic heterocycles. The Kier molecular flexibility index (Phi) is 4.79. The van der Waals surface area contributed by atoms with Gasteiger partial charge in [-0.15, -0.1) is 0 Å². The molecular weight excluding hydrogens is 206 g/mol. The summed E-state index contributed by atoms with van der Waals surface area (Å²) in [4.78, 5) is 7.05. The first-order valence-corrected chi connectivity index (χ1v) is 7.07. The van der Waals surface area contributed by atoms with Gasteiger partial charge in [-0.1, -0.05) is 18.2 Å². The molecule has 0 aromatic rings. The van der Waals surface area contributed by atoms with Crippen molar-refractivity contribution in [3.05, 3.63) is 0 Å². The Bertz CT molecular complexity index is 212. The molecule has 1 N–H and O–H groups in total. The van der Waals surface area contributed by atoms with Gasteiger partial charge in [0, 0.05) is 25.4 Å². The van der Waals surface area contributed by atoms with E-state index in [9.17, 15) is 0 Å². The minimum absolute atomic E-state index is 1.01. The summed E-state index contributed by atoms with van der Waals surface area (Å²) < 4.78 is 0. The van der Waals surface area contributed by atoms with Gasteiger partial charge in [0.2, 0.25) is 0 Å². The van der Waals surface area contributed by atoms with Crippen molar-refractivity contribution in [2.75, 3.05) is 38.5 Å². The summed E-state index contributed by atoms with van der Waals surface area (Å²) in [7, 11) is 0. The topological polar surface area (TPSA) is 27.6 Å². The van der Waals surface area contributed by atoms with E-state index in [4.69, 9.17) is 0 Å². The van der Waals surface area contributed by atoms with Crippen molar-refractivity contribution in [1.29, 1.82) is 0 Å². The number of thioether (sulfide) groups is 1. The van der Waals surface area contributed by atoms with Gasteiger partial charge in [-0.2, -0.15) is 0 Å². The lowest BCUT2D eigenvalue weighted by Crippen LogP contribution is -2.33. The third-order valence-electron chi connectivity index (χ3n) is 2.96. The van der Waals surface area contributed by atoms with Gasteiger partial charge >= 0.3 is 0 Å². The van der Waals surface area contributed by atoms with E-state index in [1.165, 1.54) is 56.2 Å². The minimum Gasteiger partial charge on any atom is -0.365 e. The van der Waals surface area contributed by atoms with Crippen molar-refractivity contribution in [2.45, 2.75) is 25.7 Å². The van der Waals surface area contributed by atoms with Crippen LogP contribution in [-0.4, -0.2) is 48.5 Å². The quantitative estimate of drug-likeness (QED) is 0.793. The van der Waals surface area contributed by atoms with Gasteiger partial charge in [0.15, 0.2) is 5.17 Å². The Hall–Kier alpha value is -0.220. The van der Waals surface area contributed by atoms with E-state index in [1.807, 2.05) is 11.8 Å². The Balaban J connectivity index is 1.59. The summed E-state index contributed by atoms with van der Waals surface area (Å²) in [6, 6.07) is 0. The monoisotopic (exact) mass is 227 g/mol. The van der Waals surface area contributed by atoms with E-state index >= 15 is 0 Å². The van der Waals surface area contributed by atoms with Crippen molar-refractivity contribution in [1.82, 2.24) is 10.2 Å². The molecular formula is C11H21N3S. The molecule has 2 aliphatic rings. The predicted octanol–water partition coefficient (Wildman–Crippen LogP) is 1.55. The van der Waals surface area contributed by atoms with Crippen LogP contribution in [0.2, 0.25) is 0 Å². The predicted molar refractivity (Wildman–Crippen MR) is 67.7 cm³/mol. The van der Waals surface area contributed by atoms with Crippen LogP contribution in [0.3, 0.4) is 0 Å². The highest BCUT2D eigenvalue weighted by Gasteiger charge is 2.10. The van der Waals surface area contributed by atoms with Crippen LogP contribution in [-0.2, 0) is 0 Å². The maximum absolute atomic E-state index is 4.46. The van der Waals surface area contributed by atoms with Crippen molar-refractivity contribution >= 4 is 16.9 Å². The van der Waals surface area contributed by atoms with Crippen LogP contribution < -0.4 is 5.32 Å². The zero-order valence-corrected chi connectivity index (χ0v) is 10.2. The van der Waals surface area contributed by atoms with Gasteiger partial charge in [0.25, 0.3) is 0 Å². The average molecular weight is 227 g/mol. The number of amidine groups is 1. The molecule has 1 saturated heterocycles. The number of rotatable bonds is 3. The Morgan fingerprint density at radius 1 is 1.20 bits per heavy atom. The largest absolute Gasteiger partial charge is 0.365 e. The summed E-state index contributed by atoms with van der Waals surface area (Å²) >= 11 is 1.89. The number of nitrogens with zero attached hydrogens (tertiary/aromatic N) is 2. The Morgan fingerprint density at radius 2 is 2.07 bits per heavy atom. The second-order valence-corrected chi connectivity index (χ2v) is 5.30. The van der Waals surface area contributed by atoms with Crippen LogP contribution in [0.4, 0.5) is 0 Å². The van der Waals surface area contributed by atoms with Crippen LogP contribution in [0.1, 0.15) is 25.7 Å². The smallest absolute Gasteiger partial charge is 0.156 e. The number of likely N-dealkylation sites (tertiary alicyclic amines) is 1. The highest BCUT2D eigenvalue weighted by molar-refractivity contribution is 8.13. The van der Waals surface area contributed by atoms with Gasteiger partial charge in [0.05, 0.1) is 0 Å². The van der Waals surface area contributed by atoms with E-state index in [2.05, 4.69) is 15.2 Å². The summed E-state index contributed by atoms with van der Waals surface area (Å²) in [5, 5.41) is 4.52. The maximum Gasteiger partial charge on any atom is 0.156 e. The van der Waals surface area contributed by atoms with Crippen LogP contribution in [0.5, 0.6) is 0 Å². The molecule has 3 nitrogen and oxygen atoms in total. The molecule has 0 radical (unpaired) electrons. The number of hydrogen-bond acceptors (Lipinski definition) is 4. The highest BCUT2D eigenvalue weighted by atomic mass is 32.2. The molecule has 1 fully saturated rings. The molecule has 2 rings (SSSR count). The first-order chi connectivity index (χ1) is 7.45. The third kappa shape index (κ3) is 4.03. The first-order valence-electron chi connectivity index (χ1n) is 6.08. The standard InChI is InChI=1S/C11H21N3S/c1-2-7-14(8-3-1)9-10-15-11-12-5-4-6-13-11/h1-10H2,(H,12,13). The third-order valence-corrected chi connectivity index (χ3v) is 3.90. The normalized spacial score (nSPS) is 23.3. The van der Waals surface area contributed by atoms with Gasteiger partial charge in [0.1, 0.15) is 0 Å². The molecule has 4 heteroatoms. The maximum atomic E-state index is 4.46. The molecule has 0 aromatic heterocycles. The van der Waals surface area contributed by atoms with E-state index in [1.54, 1.807) is 0 Å². The van der Waals surface area contributed by atoms with E-state index < -0.39 is 0 Å². The number of nitrogens with one attached hydrogen (secondary N) is 1. The Morgan fingerprint density at radius 3 is 2.80 bits per heavy atom. The lowest BCUT2D eigenvalue weighted by Gasteiger charge is -2.26. The molecule has 86 valence electrons. The minimum atomic E-state index is 1.01. The Labute approximate surface area is 96.7 Å². The summed E-state index contributed by atoms with van der Waals surface area (Å²) in [5.41, 5.74) is 0. The van der Waals surface area contributed by atoms with Crippen LogP contribution in [0.15, 0.2) is 4.99 Å². The van der Waals surface area contributed by atoms with Crippen molar-refractivity contribution < 1.29 is 0 Å². The van der Waals surface area contributed by atoms with Crippen molar-refractivity contribution in [3.8, 4) is 0 Å². The van der Waals surface area contributed by atoms with Crippen molar-refractivity contribution in [3.63, 3.8) is 0 Å². The highest BCUT2D eigenvalue weighted by Crippen LogP contribution is 2.11. The molecule has 0 saturated carbocycles. The molecule has 0 atom stereocenters. The van der Waals surface area contributed by atoms with E-state index in [0.29, 0.717) is 0 Å². The lowest BCUT2D eigenvalue weighted by atomic mass is 10.1. The second kappa shape index (κ2) is 6.38. The van der Waals surface area contributed by atoms with Gasteiger partial charge < -0.3 is 10.2 Å². The lowest BCUT2D eigenvalue weighted by molar-refractivity contribution is 0.242. The molecule has 0 unspecified atom stereocenters. The molecule has 0 bridgehead atoms. The number of hydrogen-bond donors (Lipinski definition) is 1. The second-order valence-electron chi connectivity index (χ2n) is 4.22. The van der Waals surface area contributed by atoms with Crippen LogP contribution in [0, 0.1) is 0 Å². The molecule has 0 spiro atoms.